The summed E-state index contributed by atoms with van der Waals surface area (Å²) in [4.78, 5) is 0. The van der Waals surface area contributed by atoms with E-state index in [0.717, 1.165) is 25.7 Å². The number of hydrogen-bond donors (Lipinski definition) is 0. The van der Waals surface area contributed by atoms with Crippen LogP contribution in [-0.4, -0.2) is 12.2 Å². The lowest BCUT2D eigenvalue weighted by Gasteiger charge is -1.94. The normalized spacial score (nSPS) is 22.9. The van der Waals surface area contributed by atoms with Crippen LogP contribution in [0.25, 0.3) is 0 Å². The molecule has 0 radical (unpaired) electrons. The maximum atomic E-state index is 5.61. The fourth-order valence-electron chi connectivity index (χ4n) is 2.07. The molecule has 0 N–H and O–H groups in total. The van der Waals surface area contributed by atoms with Crippen LogP contribution < -0.4 is 0 Å². The molecule has 1 saturated heterocycles. The van der Waals surface area contributed by atoms with E-state index in [4.69, 9.17) is 4.74 Å². The molecular formula is C17H28O. The zero-order valence-corrected chi connectivity index (χ0v) is 11.8. The van der Waals surface area contributed by atoms with E-state index in [1.807, 2.05) is 6.08 Å². The molecule has 102 valence electrons. The Kier molecular flexibility index (Phi) is 8.58. The third-order valence-electron chi connectivity index (χ3n) is 3.27. The van der Waals surface area contributed by atoms with E-state index < -0.39 is 0 Å². The summed E-state index contributed by atoms with van der Waals surface area (Å²) >= 11 is 0. The van der Waals surface area contributed by atoms with Gasteiger partial charge < -0.3 is 4.74 Å². The zero-order chi connectivity index (χ0) is 13.1. The second kappa shape index (κ2) is 10.1. The lowest BCUT2D eigenvalue weighted by molar-refractivity contribution is 0.372. The first-order valence-corrected chi connectivity index (χ1v) is 7.44. The highest BCUT2D eigenvalue weighted by Crippen LogP contribution is 2.29. The van der Waals surface area contributed by atoms with Gasteiger partial charge in [0, 0.05) is 0 Å². The van der Waals surface area contributed by atoms with E-state index in [1.54, 1.807) is 0 Å². The molecule has 0 aromatic heterocycles. The van der Waals surface area contributed by atoms with E-state index in [0.29, 0.717) is 12.2 Å². The lowest BCUT2D eigenvalue weighted by Crippen LogP contribution is -1.90. The number of allylic oxidation sites excluding steroid dienone is 3. The van der Waals surface area contributed by atoms with E-state index in [-0.39, 0.29) is 0 Å². The molecule has 0 aromatic carbocycles. The Morgan fingerprint density at radius 2 is 1.56 bits per heavy atom. The Morgan fingerprint density at radius 1 is 0.889 bits per heavy atom. The average Bonchev–Trinajstić information content (AvgIpc) is 3.12. The van der Waals surface area contributed by atoms with Gasteiger partial charge in [0.05, 0.1) is 12.2 Å². The minimum absolute atomic E-state index is 0.489. The van der Waals surface area contributed by atoms with Crippen molar-refractivity contribution in [1.29, 1.82) is 0 Å². The van der Waals surface area contributed by atoms with Crippen molar-refractivity contribution in [3.8, 4) is 0 Å². The molecule has 0 spiro atoms. The highest BCUT2D eigenvalue weighted by atomic mass is 16.6. The van der Waals surface area contributed by atoms with E-state index in [9.17, 15) is 0 Å². The standard InChI is InChI=1S/C17H28O/c1-3-5-7-8-9-10-11-13-15-17-16(18-17)14-12-6-4-2/h3,6,11-13,16-17H,1,4-5,7-10,14-15H2,2H3/b12-6+,13-11+/t16-,17+/m1/s1. The maximum absolute atomic E-state index is 5.61. The van der Waals surface area contributed by atoms with Crippen LogP contribution in [0, 0.1) is 0 Å². The monoisotopic (exact) mass is 248 g/mol. The van der Waals surface area contributed by atoms with Gasteiger partial charge >= 0.3 is 0 Å². The van der Waals surface area contributed by atoms with Gasteiger partial charge in [-0.15, -0.1) is 6.58 Å². The molecule has 1 nitrogen and oxygen atoms in total. The predicted molar refractivity (Wildman–Crippen MR) is 79.7 cm³/mol. The summed E-state index contributed by atoms with van der Waals surface area (Å²) in [6.07, 6.45) is 21.7. The first kappa shape index (κ1) is 15.2. The third kappa shape index (κ3) is 7.50. The molecule has 0 aliphatic carbocycles. The van der Waals surface area contributed by atoms with Crippen molar-refractivity contribution >= 4 is 0 Å². The van der Waals surface area contributed by atoms with Crippen LogP contribution in [0.5, 0.6) is 0 Å². The molecule has 0 saturated carbocycles. The summed E-state index contributed by atoms with van der Waals surface area (Å²) in [5, 5.41) is 0. The highest BCUT2D eigenvalue weighted by molar-refractivity contribution is 4.97. The number of hydrogen-bond acceptors (Lipinski definition) is 1. The highest BCUT2D eigenvalue weighted by Gasteiger charge is 2.35. The summed E-state index contributed by atoms with van der Waals surface area (Å²) in [5.74, 6) is 0. The summed E-state index contributed by atoms with van der Waals surface area (Å²) in [6.45, 7) is 5.90. The maximum Gasteiger partial charge on any atom is 0.0879 e. The van der Waals surface area contributed by atoms with Crippen LogP contribution in [-0.2, 0) is 4.74 Å². The molecule has 1 heterocycles. The molecule has 1 rings (SSSR count). The third-order valence-corrected chi connectivity index (χ3v) is 3.27. The summed E-state index contributed by atoms with van der Waals surface area (Å²) in [7, 11) is 0. The molecule has 0 unspecified atom stereocenters. The number of rotatable bonds is 11. The van der Waals surface area contributed by atoms with Gasteiger partial charge in [-0.2, -0.15) is 0 Å². The van der Waals surface area contributed by atoms with Gasteiger partial charge in [0.1, 0.15) is 0 Å². The largest absolute Gasteiger partial charge is 0.369 e. The van der Waals surface area contributed by atoms with Gasteiger partial charge in [0.25, 0.3) is 0 Å². The Morgan fingerprint density at radius 3 is 2.22 bits per heavy atom. The smallest absolute Gasteiger partial charge is 0.0879 e. The van der Waals surface area contributed by atoms with Crippen molar-refractivity contribution in [2.75, 3.05) is 0 Å². The predicted octanol–water partition coefficient (Wildman–Crippen LogP) is 5.19. The second-order valence-electron chi connectivity index (χ2n) is 4.96. The van der Waals surface area contributed by atoms with Crippen LogP contribution in [0.15, 0.2) is 37.0 Å². The van der Waals surface area contributed by atoms with Crippen molar-refractivity contribution < 1.29 is 4.74 Å². The quantitative estimate of drug-likeness (QED) is 0.278. The van der Waals surface area contributed by atoms with Crippen LogP contribution in [0.1, 0.15) is 58.3 Å². The fraction of sp³-hybridized carbons (Fsp3) is 0.647. The van der Waals surface area contributed by atoms with Crippen molar-refractivity contribution in [2.45, 2.75) is 70.5 Å². The first-order chi connectivity index (χ1) is 8.88. The second-order valence-corrected chi connectivity index (χ2v) is 4.96. The van der Waals surface area contributed by atoms with Crippen LogP contribution in [0.2, 0.25) is 0 Å². The Hall–Kier alpha value is -0.820. The summed E-state index contributed by atoms with van der Waals surface area (Å²) in [6, 6.07) is 0. The minimum atomic E-state index is 0.489. The van der Waals surface area contributed by atoms with Crippen molar-refractivity contribution in [2.24, 2.45) is 0 Å². The van der Waals surface area contributed by atoms with Crippen LogP contribution >= 0.6 is 0 Å². The molecule has 1 fully saturated rings. The molecule has 0 aromatic rings. The van der Waals surface area contributed by atoms with Gasteiger partial charge in [0.2, 0.25) is 0 Å². The van der Waals surface area contributed by atoms with Crippen LogP contribution in [0.3, 0.4) is 0 Å². The molecule has 1 heteroatoms. The SMILES string of the molecule is C=CCCCCC/C=C/C[C@@H]1O[C@@H]1C/C=C/CC. The van der Waals surface area contributed by atoms with Gasteiger partial charge in [-0.3, -0.25) is 0 Å². The zero-order valence-electron chi connectivity index (χ0n) is 11.8. The summed E-state index contributed by atoms with van der Waals surface area (Å²) < 4.78 is 5.61. The first-order valence-electron chi connectivity index (χ1n) is 7.44. The van der Waals surface area contributed by atoms with Gasteiger partial charge in [-0.05, 0) is 44.9 Å². The minimum Gasteiger partial charge on any atom is -0.369 e. The van der Waals surface area contributed by atoms with Crippen LogP contribution in [0.4, 0.5) is 0 Å². The number of ether oxygens (including phenoxy) is 1. The lowest BCUT2D eigenvalue weighted by atomic mass is 10.1. The Bertz CT molecular complexity index is 265. The van der Waals surface area contributed by atoms with Gasteiger partial charge in [-0.25, -0.2) is 0 Å². The Labute approximate surface area is 113 Å². The van der Waals surface area contributed by atoms with Crippen molar-refractivity contribution in [3.63, 3.8) is 0 Å². The topological polar surface area (TPSA) is 12.5 Å². The molecular weight excluding hydrogens is 220 g/mol. The van der Waals surface area contributed by atoms with Gasteiger partial charge in [-0.1, -0.05) is 43.7 Å². The molecule has 0 amide bonds. The van der Waals surface area contributed by atoms with E-state index >= 15 is 0 Å². The fourth-order valence-corrected chi connectivity index (χ4v) is 2.07. The van der Waals surface area contributed by atoms with Crippen molar-refractivity contribution in [1.82, 2.24) is 0 Å². The number of epoxide rings is 1. The molecule has 2 atom stereocenters. The molecule has 1 aliphatic heterocycles. The van der Waals surface area contributed by atoms with Crippen molar-refractivity contribution in [3.05, 3.63) is 37.0 Å². The van der Waals surface area contributed by atoms with E-state index in [1.165, 1.54) is 25.7 Å². The molecule has 0 bridgehead atoms. The van der Waals surface area contributed by atoms with Gasteiger partial charge in [0.15, 0.2) is 0 Å². The Balaban J connectivity index is 1.89. The summed E-state index contributed by atoms with van der Waals surface area (Å²) in [5.41, 5.74) is 0. The van der Waals surface area contributed by atoms with E-state index in [2.05, 4.69) is 37.8 Å². The molecule has 18 heavy (non-hydrogen) atoms. The number of unbranched alkanes of at least 4 members (excludes halogenated alkanes) is 4. The average molecular weight is 248 g/mol. The molecule has 1 aliphatic rings.